The maximum atomic E-state index is 12.0. The molecule has 0 saturated carbocycles. The zero-order valence-electron chi connectivity index (χ0n) is 12.3. The molecule has 2 rings (SSSR count). The monoisotopic (exact) mass is 276 g/mol. The highest BCUT2D eigenvalue weighted by atomic mass is 16.5. The minimum Gasteiger partial charge on any atom is -0.492 e. The molecular weight excluding hydrogens is 252 g/mol. The second-order valence-electron chi connectivity index (χ2n) is 5.65. The van der Waals surface area contributed by atoms with Gasteiger partial charge in [-0.2, -0.15) is 0 Å². The molecule has 2 unspecified atom stereocenters. The van der Waals surface area contributed by atoms with E-state index < -0.39 is 0 Å². The zero-order chi connectivity index (χ0) is 14.4. The van der Waals surface area contributed by atoms with Crippen molar-refractivity contribution in [3.05, 3.63) is 29.8 Å². The summed E-state index contributed by atoms with van der Waals surface area (Å²) < 4.78 is 5.62. The molecule has 2 atom stereocenters. The molecule has 1 saturated heterocycles. The number of rotatable bonds is 5. The van der Waals surface area contributed by atoms with E-state index in [1.54, 1.807) is 0 Å². The molecule has 20 heavy (non-hydrogen) atoms. The Morgan fingerprint density at radius 3 is 3.05 bits per heavy atom. The van der Waals surface area contributed by atoms with Crippen LogP contribution in [-0.2, 0) is 4.79 Å². The number of hydrogen-bond donors (Lipinski definition) is 2. The molecule has 1 aliphatic rings. The maximum absolute atomic E-state index is 12.0. The quantitative estimate of drug-likeness (QED) is 0.805. The first-order valence-electron chi connectivity index (χ1n) is 7.33. The maximum Gasteiger partial charge on any atom is 0.224 e. The van der Waals surface area contributed by atoms with Gasteiger partial charge in [-0.05, 0) is 43.5 Å². The Balaban J connectivity index is 1.66. The first-order valence-corrected chi connectivity index (χ1v) is 7.33. The van der Waals surface area contributed by atoms with Crippen molar-refractivity contribution in [2.45, 2.75) is 20.3 Å². The highest BCUT2D eigenvalue weighted by Gasteiger charge is 2.24. The Bertz CT molecular complexity index is 448. The molecule has 4 heteroatoms. The summed E-state index contributed by atoms with van der Waals surface area (Å²) in [4.78, 5) is 12.0. The van der Waals surface area contributed by atoms with Crippen LogP contribution in [-0.4, -0.2) is 32.1 Å². The van der Waals surface area contributed by atoms with Gasteiger partial charge in [0.25, 0.3) is 0 Å². The number of hydrogen-bond acceptors (Lipinski definition) is 3. The highest BCUT2D eigenvalue weighted by Crippen LogP contribution is 2.15. The highest BCUT2D eigenvalue weighted by molar-refractivity contribution is 5.79. The van der Waals surface area contributed by atoms with E-state index in [9.17, 15) is 4.79 Å². The first kappa shape index (κ1) is 14.9. The van der Waals surface area contributed by atoms with Gasteiger partial charge in [0.1, 0.15) is 12.4 Å². The van der Waals surface area contributed by atoms with Crippen molar-refractivity contribution in [1.82, 2.24) is 10.6 Å². The Morgan fingerprint density at radius 1 is 1.45 bits per heavy atom. The summed E-state index contributed by atoms with van der Waals surface area (Å²) in [7, 11) is 0. The van der Waals surface area contributed by atoms with E-state index in [1.807, 2.05) is 31.2 Å². The fourth-order valence-electron chi connectivity index (χ4n) is 2.55. The number of benzene rings is 1. The lowest BCUT2D eigenvalue weighted by atomic mass is 9.91. The number of amides is 1. The van der Waals surface area contributed by atoms with E-state index in [0.717, 1.165) is 25.3 Å². The summed E-state index contributed by atoms with van der Waals surface area (Å²) in [5.41, 5.74) is 1.17. The number of ether oxygens (including phenoxy) is 1. The van der Waals surface area contributed by atoms with Crippen LogP contribution in [0.15, 0.2) is 24.3 Å². The summed E-state index contributed by atoms with van der Waals surface area (Å²) >= 11 is 0. The van der Waals surface area contributed by atoms with Crippen LogP contribution in [0.25, 0.3) is 0 Å². The number of nitrogens with one attached hydrogen (secondary N) is 2. The fourth-order valence-corrected chi connectivity index (χ4v) is 2.55. The van der Waals surface area contributed by atoms with Crippen LogP contribution in [0.5, 0.6) is 5.75 Å². The lowest BCUT2D eigenvalue weighted by Crippen LogP contribution is -2.44. The Labute approximate surface area is 120 Å². The molecule has 1 aliphatic heterocycles. The molecule has 4 nitrogen and oxygen atoms in total. The van der Waals surface area contributed by atoms with Crippen LogP contribution in [0, 0.1) is 18.8 Å². The van der Waals surface area contributed by atoms with Gasteiger partial charge >= 0.3 is 0 Å². The fraction of sp³-hybridized carbons (Fsp3) is 0.562. The van der Waals surface area contributed by atoms with Crippen molar-refractivity contribution in [2.75, 3.05) is 26.2 Å². The van der Waals surface area contributed by atoms with Crippen LogP contribution >= 0.6 is 0 Å². The molecule has 110 valence electrons. The molecule has 1 aromatic carbocycles. The molecule has 0 bridgehead atoms. The van der Waals surface area contributed by atoms with Crippen LogP contribution in [0.3, 0.4) is 0 Å². The van der Waals surface area contributed by atoms with Gasteiger partial charge in [0.2, 0.25) is 5.91 Å². The van der Waals surface area contributed by atoms with Gasteiger partial charge in [-0.1, -0.05) is 19.1 Å². The van der Waals surface area contributed by atoms with Gasteiger partial charge in [0.15, 0.2) is 0 Å². The van der Waals surface area contributed by atoms with E-state index in [1.165, 1.54) is 5.56 Å². The minimum atomic E-state index is 0.0951. The van der Waals surface area contributed by atoms with E-state index in [2.05, 4.69) is 17.6 Å². The van der Waals surface area contributed by atoms with Crippen LogP contribution < -0.4 is 15.4 Å². The second-order valence-corrected chi connectivity index (χ2v) is 5.65. The largest absolute Gasteiger partial charge is 0.492 e. The Kier molecular flexibility index (Phi) is 5.41. The van der Waals surface area contributed by atoms with Gasteiger partial charge in [0, 0.05) is 6.54 Å². The summed E-state index contributed by atoms with van der Waals surface area (Å²) in [6.07, 6.45) is 0.970. The molecule has 0 radical (unpaired) electrons. The third-order valence-corrected chi connectivity index (χ3v) is 3.60. The first-order chi connectivity index (χ1) is 9.65. The molecule has 1 amide bonds. The summed E-state index contributed by atoms with van der Waals surface area (Å²) in [5.74, 6) is 1.66. The second kappa shape index (κ2) is 7.29. The predicted molar refractivity (Wildman–Crippen MR) is 79.8 cm³/mol. The molecule has 1 fully saturated rings. The number of piperidine rings is 1. The SMILES string of the molecule is Cc1cccc(OCCNC(=O)C2CNCC(C)C2)c1. The molecule has 1 aromatic rings. The van der Waals surface area contributed by atoms with E-state index >= 15 is 0 Å². The zero-order valence-corrected chi connectivity index (χ0v) is 12.3. The van der Waals surface area contributed by atoms with Crippen molar-refractivity contribution in [3.8, 4) is 5.75 Å². The van der Waals surface area contributed by atoms with Crippen molar-refractivity contribution in [1.29, 1.82) is 0 Å². The topological polar surface area (TPSA) is 50.4 Å². The van der Waals surface area contributed by atoms with E-state index in [0.29, 0.717) is 19.1 Å². The lowest BCUT2D eigenvalue weighted by molar-refractivity contribution is -0.126. The van der Waals surface area contributed by atoms with E-state index in [4.69, 9.17) is 4.74 Å². The van der Waals surface area contributed by atoms with Gasteiger partial charge in [-0.25, -0.2) is 0 Å². The summed E-state index contributed by atoms with van der Waals surface area (Å²) in [6, 6.07) is 7.93. The predicted octanol–water partition coefficient (Wildman–Crippen LogP) is 1.74. The Hall–Kier alpha value is -1.55. The number of aryl methyl sites for hydroxylation is 1. The van der Waals surface area contributed by atoms with Crippen molar-refractivity contribution in [2.24, 2.45) is 11.8 Å². The van der Waals surface area contributed by atoms with Gasteiger partial charge in [0.05, 0.1) is 12.5 Å². The summed E-state index contributed by atoms with van der Waals surface area (Å²) in [5, 5.41) is 6.25. The van der Waals surface area contributed by atoms with Gasteiger partial charge in [-0.15, -0.1) is 0 Å². The van der Waals surface area contributed by atoms with Crippen LogP contribution in [0.1, 0.15) is 18.9 Å². The van der Waals surface area contributed by atoms with Crippen molar-refractivity contribution >= 4 is 5.91 Å². The van der Waals surface area contributed by atoms with Crippen LogP contribution in [0.2, 0.25) is 0 Å². The molecule has 2 N–H and O–H groups in total. The average Bonchev–Trinajstić information content (AvgIpc) is 2.43. The molecular formula is C16H24N2O2. The average molecular weight is 276 g/mol. The third kappa shape index (κ3) is 4.53. The minimum absolute atomic E-state index is 0.0951. The molecule has 0 spiro atoms. The van der Waals surface area contributed by atoms with Gasteiger partial charge < -0.3 is 15.4 Å². The van der Waals surface area contributed by atoms with Crippen LogP contribution in [0.4, 0.5) is 0 Å². The molecule has 0 aromatic heterocycles. The van der Waals surface area contributed by atoms with E-state index in [-0.39, 0.29) is 11.8 Å². The van der Waals surface area contributed by atoms with Crippen molar-refractivity contribution in [3.63, 3.8) is 0 Å². The normalized spacial score (nSPS) is 22.3. The Morgan fingerprint density at radius 2 is 2.30 bits per heavy atom. The van der Waals surface area contributed by atoms with Crippen molar-refractivity contribution < 1.29 is 9.53 Å². The number of carbonyl (C=O) groups is 1. The standard InChI is InChI=1S/C16H24N2O2/c1-12-4-3-5-15(9-12)20-7-6-18-16(19)14-8-13(2)10-17-11-14/h3-5,9,13-14,17H,6-8,10-11H2,1-2H3,(H,18,19). The molecule has 1 heterocycles. The van der Waals surface area contributed by atoms with Gasteiger partial charge in [-0.3, -0.25) is 4.79 Å². The smallest absolute Gasteiger partial charge is 0.224 e. The molecule has 0 aliphatic carbocycles. The summed E-state index contributed by atoms with van der Waals surface area (Å²) in [6.45, 7) is 7.07. The third-order valence-electron chi connectivity index (χ3n) is 3.60. The number of carbonyl (C=O) groups excluding carboxylic acids is 1. The lowest BCUT2D eigenvalue weighted by Gasteiger charge is -2.26.